The average molecular weight is 365 g/mol. The van der Waals surface area contributed by atoms with Crippen molar-refractivity contribution in [1.29, 1.82) is 0 Å². The van der Waals surface area contributed by atoms with Gasteiger partial charge in [0.05, 0.1) is 0 Å². The number of carbonyl (C=O) groups is 1. The SMILES string of the molecule is O=C(NC1CCN(Cc2ccccc2)CC1)c1cc(N2CCCC2)ncn1. The Bertz CT molecular complexity index is 752. The first-order chi connectivity index (χ1) is 13.3. The van der Waals surface area contributed by atoms with Gasteiger partial charge >= 0.3 is 0 Å². The topological polar surface area (TPSA) is 61.4 Å². The molecule has 27 heavy (non-hydrogen) atoms. The van der Waals surface area contributed by atoms with Crippen molar-refractivity contribution in [2.45, 2.75) is 38.3 Å². The third-order valence-electron chi connectivity index (χ3n) is 5.49. The molecule has 1 N–H and O–H groups in total. The lowest BCUT2D eigenvalue weighted by molar-refractivity contribution is 0.0903. The van der Waals surface area contributed by atoms with Gasteiger partial charge in [-0.05, 0) is 31.2 Å². The second kappa shape index (κ2) is 8.48. The van der Waals surface area contributed by atoms with Crippen LogP contribution in [0.15, 0.2) is 42.7 Å². The molecule has 6 heteroatoms. The number of amides is 1. The third-order valence-corrected chi connectivity index (χ3v) is 5.49. The fourth-order valence-corrected chi connectivity index (χ4v) is 3.93. The van der Waals surface area contributed by atoms with E-state index in [0.717, 1.165) is 51.4 Å². The minimum atomic E-state index is -0.0839. The van der Waals surface area contributed by atoms with Gasteiger partial charge in [0.2, 0.25) is 0 Å². The molecule has 0 radical (unpaired) electrons. The predicted octanol–water partition coefficient (Wildman–Crippen LogP) is 2.47. The Balaban J connectivity index is 1.29. The maximum atomic E-state index is 12.6. The van der Waals surface area contributed by atoms with Crippen LogP contribution in [0.4, 0.5) is 5.82 Å². The molecule has 3 heterocycles. The number of benzene rings is 1. The Morgan fingerprint density at radius 1 is 1.04 bits per heavy atom. The fraction of sp³-hybridized carbons (Fsp3) is 0.476. The van der Waals surface area contributed by atoms with Crippen LogP contribution in [0.3, 0.4) is 0 Å². The van der Waals surface area contributed by atoms with Gasteiger partial charge in [-0.2, -0.15) is 0 Å². The molecule has 2 saturated heterocycles. The van der Waals surface area contributed by atoms with E-state index in [1.54, 1.807) is 0 Å². The van der Waals surface area contributed by atoms with E-state index in [9.17, 15) is 4.79 Å². The molecule has 0 spiro atoms. The maximum Gasteiger partial charge on any atom is 0.270 e. The van der Waals surface area contributed by atoms with E-state index in [0.29, 0.717) is 5.69 Å². The molecule has 1 aromatic heterocycles. The molecule has 0 saturated carbocycles. The minimum absolute atomic E-state index is 0.0839. The van der Waals surface area contributed by atoms with Gasteiger partial charge < -0.3 is 10.2 Å². The molecule has 6 nitrogen and oxygen atoms in total. The Kier molecular flexibility index (Phi) is 5.63. The van der Waals surface area contributed by atoms with Crippen molar-refractivity contribution < 1.29 is 4.79 Å². The van der Waals surface area contributed by atoms with Crippen LogP contribution in [0.5, 0.6) is 0 Å². The average Bonchev–Trinajstić information content (AvgIpc) is 3.25. The molecule has 1 aromatic carbocycles. The lowest BCUT2D eigenvalue weighted by atomic mass is 10.0. The molecular weight excluding hydrogens is 338 g/mol. The molecule has 2 aliphatic rings. The molecule has 1 amide bonds. The van der Waals surface area contributed by atoms with Crippen molar-refractivity contribution in [3.8, 4) is 0 Å². The molecule has 4 rings (SSSR count). The van der Waals surface area contributed by atoms with Gasteiger partial charge in [0.1, 0.15) is 17.8 Å². The van der Waals surface area contributed by atoms with Crippen molar-refractivity contribution in [3.05, 3.63) is 54.0 Å². The summed E-state index contributed by atoms with van der Waals surface area (Å²) in [6.07, 6.45) is 5.83. The van der Waals surface area contributed by atoms with Crippen molar-refractivity contribution in [1.82, 2.24) is 20.2 Å². The number of piperidine rings is 1. The molecule has 142 valence electrons. The summed E-state index contributed by atoms with van der Waals surface area (Å²) in [5.41, 5.74) is 1.81. The Labute approximate surface area is 160 Å². The Hall–Kier alpha value is -2.47. The first kappa shape index (κ1) is 17.9. The summed E-state index contributed by atoms with van der Waals surface area (Å²) in [5.74, 6) is 0.782. The van der Waals surface area contributed by atoms with Crippen LogP contribution in [0, 0.1) is 0 Å². The summed E-state index contributed by atoms with van der Waals surface area (Å²) in [7, 11) is 0. The number of hydrogen-bond donors (Lipinski definition) is 1. The van der Waals surface area contributed by atoms with Gasteiger partial charge in [-0.3, -0.25) is 9.69 Å². The van der Waals surface area contributed by atoms with Crippen LogP contribution >= 0.6 is 0 Å². The van der Waals surface area contributed by atoms with Crippen LogP contribution in [0.25, 0.3) is 0 Å². The highest BCUT2D eigenvalue weighted by molar-refractivity contribution is 5.93. The molecule has 0 bridgehead atoms. The van der Waals surface area contributed by atoms with Crippen molar-refractivity contribution in [2.75, 3.05) is 31.1 Å². The summed E-state index contributed by atoms with van der Waals surface area (Å²) in [6, 6.07) is 12.6. The number of rotatable bonds is 5. The number of anilines is 1. The normalized spacial score (nSPS) is 18.6. The highest BCUT2D eigenvalue weighted by atomic mass is 16.1. The zero-order valence-electron chi connectivity index (χ0n) is 15.7. The highest BCUT2D eigenvalue weighted by Crippen LogP contribution is 2.18. The molecule has 2 aromatic rings. The van der Waals surface area contributed by atoms with Gasteiger partial charge in [-0.15, -0.1) is 0 Å². The van der Waals surface area contributed by atoms with E-state index in [1.165, 1.54) is 24.7 Å². The van der Waals surface area contributed by atoms with Crippen molar-refractivity contribution in [3.63, 3.8) is 0 Å². The second-order valence-electron chi connectivity index (χ2n) is 7.47. The summed E-state index contributed by atoms with van der Waals surface area (Å²) < 4.78 is 0. The number of hydrogen-bond acceptors (Lipinski definition) is 5. The maximum absolute atomic E-state index is 12.6. The van der Waals surface area contributed by atoms with E-state index < -0.39 is 0 Å². The van der Waals surface area contributed by atoms with Crippen LogP contribution in [0.2, 0.25) is 0 Å². The minimum Gasteiger partial charge on any atom is -0.357 e. The monoisotopic (exact) mass is 365 g/mol. The van der Waals surface area contributed by atoms with Crippen LogP contribution in [-0.2, 0) is 6.54 Å². The summed E-state index contributed by atoms with van der Waals surface area (Å²) in [6.45, 7) is 5.01. The third kappa shape index (κ3) is 4.63. The van der Waals surface area contributed by atoms with Gasteiger partial charge in [0, 0.05) is 44.8 Å². The van der Waals surface area contributed by atoms with Crippen molar-refractivity contribution >= 4 is 11.7 Å². The lowest BCUT2D eigenvalue weighted by Crippen LogP contribution is -2.44. The molecule has 0 aliphatic carbocycles. The molecule has 0 unspecified atom stereocenters. The predicted molar refractivity (Wildman–Crippen MR) is 106 cm³/mol. The van der Waals surface area contributed by atoms with E-state index in [1.807, 2.05) is 12.1 Å². The smallest absolute Gasteiger partial charge is 0.270 e. The number of likely N-dealkylation sites (tertiary alicyclic amines) is 1. The summed E-state index contributed by atoms with van der Waals surface area (Å²) in [4.78, 5) is 25.8. The number of aromatic nitrogens is 2. The van der Waals surface area contributed by atoms with E-state index in [-0.39, 0.29) is 11.9 Å². The highest BCUT2D eigenvalue weighted by Gasteiger charge is 2.22. The number of carbonyl (C=O) groups excluding carboxylic acids is 1. The van der Waals surface area contributed by atoms with E-state index in [4.69, 9.17) is 0 Å². The van der Waals surface area contributed by atoms with E-state index >= 15 is 0 Å². The molecular formula is C21H27N5O. The fourth-order valence-electron chi connectivity index (χ4n) is 3.93. The van der Waals surface area contributed by atoms with Gasteiger partial charge in [-0.25, -0.2) is 9.97 Å². The first-order valence-electron chi connectivity index (χ1n) is 9.92. The zero-order chi connectivity index (χ0) is 18.5. The Morgan fingerprint density at radius 3 is 2.52 bits per heavy atom. The quantitative estimate of drug-likeness (QED) is 0.882. The summed E-state index contributed by atoms with van der Waals surface area (Å²) in [5, 5.41) is 3.16. The van der Waals surface area contributed by atoms with Crippen LogP contribution < -0.4 is 10.2 Å². The number of nitrogens with zero attached hydrogens (tertiary/aromatic N) is 4. The standard InChI is InChI=1S/C21H27N5O/c27-21(19-14-20(23-16-22-19)26-10-4-5-11-26)24-18-8-12-25(13-9-18)15-17-6-2-1-3-7-17/h1-3,6-7,14,16,18H,4-5,8-13,15H2,(H,24,27). The second-order valence-corrected chi connectivity index (χ2v) is 7.47. The first-order valence-corrected chi connectivity index (χ1v) is 9.92. The zero-order valence-corrected chi connectivity index (χ0v) is 15.7. The van der Waals surface area contributed by atoms with E-state index in [2.05, 4.69) is 49.4 Å². The lowest BCUT2D eigenvalue weighted by Gasteiger charge is -2.32. The van der Waals surface area contributed by atoms with Gasteiger partial charge in [-0.1, -0.05) is 30.3 Å². The van der Waals surface area contributed by atoms with Crippen LogP contribution in [0.1, 0.15) is 41.7 Å². The molecule has 2 aliphatic heterocycles. The largest absolute Gasteiger partial charge is 0.357 e. The summed E-state index contributed by atoms with van der Waals surface area (Å²) >= 11 is 0. The molecule has 2 fully saturated rings. The van der Waals surface area contributed by atoms with Crippen molar-refractivity contribution in [2.24, 2.45) is 0 Å². The van der Waals surface area contributed by atoms with Gasteiger partial charge in [0.15, 0.2) is 0 Å². The van der Waals surface area contributed by atoms with Crippen LogP contribution in [-0.4, -0.2) is 53.0 Å². The Morgan fingerprint density at radius 2 is 1.78 bits per heavy atom. The van der Waals surface area contributed by atoms with Gasteiger partial charge in [0.25, 0.3) is 5.91 Å². The number of nitrogens with one attached hydrogen (secondary N) is 1. The molecule has 0 atom stereocenters.